The summed E-state index contributed by atoms with van der Waals surface area (Å²) in [7, 11) is 0. The first kappa shape index (κ1) is 18.3. The summed E-state index contributed by atoms with van der Waals surface area (Å²) in [5.74, 6) is 0.459. The molecule has 0 radical (unpaired) electrons. The number of hydrogen-bond acceptors (Lipinski definition) is 4. The molecule has 1 heterocycles. The molecule has 4 heteroatoms. The topological polar surface area (TPSA) is 69.9 Å². The summed E-state index contributed by atoms with van der Waals surface area (Å²) in [6.45, 7) is 7.70. The highest BCUT2D eigenvalue weighted by atomic mass is 16.5. The van der Waals surface area contributed by atoms with Crippen molar-refractivity contribution in [2.24, 2.45) is 0 Å². The maximum Gasteiger partial charge on any atom is 0.148 e. The Balaban J connectivity index is 2.14. The van der Waals surface area contributed by atoms with Gasteiger partial charge in [0.25, 0.3) is 0 Å². The fraction of sp³-hybridized carbons (Fsp3) is 0.619. The Morgan fingerprint density at radius 3 is 2.56 bits per heavy atom. The van der Waals surface area contributed by atoms with Gasteiger partial charge in [0, 0.05) is 0 Å². The number of aliphatic hydroxyl groups is 2. The standard InChI is InChI=1S/C21H30O4/c1-5-6-7-8-15-11-16(22)18-17(12-15)25-19(3,4)21(24)10-9-14(2)13-20(18,21)23/h11-13,22-24H,5-10H2,1-4H3. The summed E-state index contributed by atoms with van der Waals surface area (Å²) in [5, 5.41) is 33.6. The molecule has 1 aromatic carbocycles. The van der Waals surface area contributed by atoms with E-state index in [-0.39, 0.29) is 11.3 Å². The SMILES string of the molecule is CCCCCc1cc(O)c2c(c1)OC(C)(C)C1(O)CCC(C)=CC21O. The minimum absolute atomic E-state index is 0.00799. The van der Waals surface area contributed by atoms with Gasteiger partial charge in [0.05, 0.1) is 5.56 Å². The minimum atomic E-state index is -1.65. The van der Waals surface area contributed by atoms with Crippen molar-refractivity contribution >= 4 is 0 Å². The van der Waals surface area contributed by atoms with Crippen LogP contribution in [0.1, 0.15) is 70.9 Å². The van der Waals surface area contributed by atoms with E-state index >= 15 is 0 Å². The molecule has 0 fully saturated rings. The van der Waals surface area contributed by atoms with Gasteiger partial charge >= 0.3 is 0 Å². The number of aryl methyl sites for hydroxylation is 1. The highest BCUT2D eigenvalue weighted by Crippen LogP contribution is 2.57. The van der Waals surface area contributed by atoms with E-state index in [1.54, 1.807) is 26.0 Å². The molecular weight excluding hydrogens is 316 g/mol. The van der Waals surface area contributed by atoms with Crippen LogP contribution in [0, 0.1) is 0 Å². The van der Waals surface area contributed by atoms with Crippen LogP contribution in [-0.2, 0) is 12.0 Å². The molecule has 25 heavy (non-hydrogen) atoms. The fourth-order valence-electron chi connectivity index (χ4n) is 4.36. The van der Waals surface area contributed by atoms with Gasteiger partial charge in [-0.3, -0.25) is 0 Å². The number of ether oxygens (including phenoxy) is 1. The molecule has 0 amide bonds. The third-order valence-electron chi connectivity index (χ3n) is 5.92. The third kappa shape index (κ3) is 2.67. The number of allylic oxidation sites excluding steroid dienone is 1. The van der Waals surface area contributed by atoms with Crippen LogP contribution in [0.25, 0.3) is 0 Å². The second-order valence-corrected chi connectivity index (χ2v) is 8.17. The van der Waals surface area contributed by atoms with Crippen LogP contribution in [0.4, 0.5) is 0 Å². The summed E-state index contributed by atoms with van der Waals surface area (Å²) in [6.07, 6.45) is 6.94. The predicted molar refractivity (Wildman–Crippen MR) is 97.9 cm³/mol. The van der Waals surface area contributed by atoms with Gasteiger partial charge in [-0.05, 0) is 70.2 Å². The third-order valence-corrected chi connectivity index (χ3v) is 5.92. The highest BCUT2D eigenvalue weighted by Gasteiger charge is 2.65. The van der Waals surface area contributed by atoms with Gasteiger partial charge in [0.2, 0.25) is 0 Å². The number of unbranched alkanes of at least 4 members (excludes halogenated alkanes) is 2. The summed E-state index contributed by atoms with van der Waals surface area (Å²) in [6, 6.07) is 3.61. The predicted octanol–water partition coefficient (Wildman–Crippen LogP) is 3.95. The van der Waals surface area contributed by atoms with Crippen molar-refractivity contribution in [3.63, 3.8) is 0 Å². The molecule has 0 spiro atoms. The van der Waals surface area contributed by atoms with E-state index < -0.39 is 16.8 Å². The van der Waals surface area contributed by atoms with Crippen LogP contribution >= 0.6 is 0 Å². The molecule has 2 unspecified atom stereocenters. The maximum absolute atomic E-state index is 11.5. The Kier molecular flexibility index (Phi) is 4.41. The Bertz CT molecular complexity index is 706. The van der Waals surface area contributed by atoms with Gasteiger partial charge < -0.3 is 20.1 Å². The van der Waals surface area contributed by atoms with Gasteiger partial charge in [-0.1, -0.05) is 25.3 Å². The van der Waals surface area contributed by atoms with Crippen molar-refractivity contribution in [2.45, 2.75) is 83.0 Å². The van der Waals surface area contributed by atoms with Crippen LogP contribution in [0.15, 0.2) is 23.8 Å². The van der Waals surface area contributed by atoms with Gasteiger partial charge in [-0.2, -0.15) is 0 Å². The van der Waals surface area contributed by atoms with Crippen molar-refractivity contribution in [1.82, 2.24) is 0 Å². The van der Waals surface area contributed by atoms with Crippen molar-refractivity contribution in [2.75, 3.05) is 0 Å². The van der Waals surface area contributed by atoms with Crippen molar-refractivity contribution in [3.05, 3.63) is 34.9 Å². The number of rotatable bonds is 4. The first-order valence-electron chi connectivity index (χ1n) is 9.33. The number of phenolic OH excluding ortho intramolecular Hbond substituents is 1. The Morgan fingerprint density at radius 1 is 1.16 bits per heavy atom. The van der Waals surface area contributed by atoms with Gasteiger partial charge in [-0.15, -0.1) is 0 Å². The molecule has 1 aliphatic carbocycles. The Morgan fingerprint density at radius 2 is 1.88 bits per heavy atom. The van der Waals surface area contributed by atoms with Gasteiger partial charge in [-0.25, -0.2) is 0 Å². The van der Waals surface area contributed by atoms with Gasteiger partial charge in [0.1, 0.15) is 28.3 Å². The number of phenols is 1. The zero-order valence-electron chi connectivity index (χ0n) is 15.7. The molecule has 0 saturated carbocycles. The molecule has 1 aromatic rings. The zero-order valence-corrected chi connectivity index (χ0v) is 15.7. The second kappa shape index (κ2) is 6.03. The number of fused-ring (bicyclic) bond motifs is 3. The molecule has 0 aromatic heterocycles. The van der Waals surface area contributed by atoms with Crippen molar-refractivity contribution in [3.8, 4) is 11.5 Å². The van der Waals surface area contributed by atoms with Crippen LogP contribution in [0.3, 0.4) is 0 Å². The normalized spacial score (nSPS) is 30.1. The van der Waals surface area contributed by atoms with E-state index in [0.29, 0.717) is 18.6 Å². The van der Waals surface area contributed by atoms with E-state index in [0.717, 1.165) is 36.8 Å². The molecule has 2 atom stereocenters. The summed E-state index contributed by atoms with van der Waals surface area (Å²) in [5.41, 5.74) is -1.84. The Labute approximate surface area is 150 Å². The minimum Gasteiger partial charge on any atom is -0.507 e. The smallest absolute Gasteiger partial charge is 0.148 e. The van der Waals surface area contributed by atoms with E-state index in [1.807, 2.05) is 13.0 Å². The average molecular weight is 346 g/mol. The zero-order chi connectivity index (χ0) is 18.5. The first-order chi connectivity index (χ1) is 11.6. The molecule has 3 rings (SSSR count). The molecule has 138 valence electrons. The van der Waals surface area contributed by atoms with Crippen LogP contribution in [0.5, 0.6) is 11.5 Å². The van der Waals surface area contributed by atoms with Crippen LogP contribution in [0.2, 0.25) is 0 Å². The van der Waals surface area contributed by atoms with Gasteiger partial charge in [0.15, 0.2) is 0 Å². The average Bonchev–Trinajstić information content (AvgIpc) is 2.49. The molecule has 3 N–H and O–H groups in total. The lowest BCUT2D eigenvalue weighted by Gasteiger charge is -2.56. The molecule has 4 nitrogen and oxygen atoms in total. The van der Waals surface area contributed by atoms with E-state index in [2.05, 4.69) is 6.92 Å². The van der Waals surface area contributed by atoms with Crippen LogP contribution in [-0.4, -0.2) is 26.5 Å². The van der Waals surface area contributed by atoms with Crippen molar-refractivity contribution in [1.29, 1.82) is 0 Å². The fourth-order valence-corrected chi connectivity index (χ4v) is 4.36. The van der Waals surface area contributed by atoms with E-state index in [1.165, 1.54) is 0 Å². The summed E-state index contributed by atoms with van der Waals surface area (Å²) >= 11 is 0. The number of aromatic hydroxyl groups is 1. The number of benzene rings is 1. The summed E-state index contributed by atoms with van der Waals surface area (Å²) in [4.78, 5) is 0. The lowest BCUT2D eigenvalue weighted by Crippen LogP contribution is -2.68. The van der Waals surface area contributed by atoms with Crippen molar-refractivity contribution < 1.29 is 20.1 Å². The largest absolute Gasteiger partial charge is 0.507 e. The van der Waals surface area contributed by atoms with Crippen LogP contribution < -0.4 is 4.74 Å². The summed E-state index contributed by atoms with van der Waals surface area (Å²) < 4.78 is 6.12. The first-order valence-corrected chi connectivity index (χ1v) is 9.33. The lowest BCUT2D eigenvalue weighted by atomic mass is 9.61. The lowest BCUT2D eigenvalue weighted by molar-refractivity contribution is -0.234. The number of hydrogen-bond donors (Lipinski definition) is 3. The Hall–Kier alpha value is -1.52. The van der Waals surface area contributed by atoms with E-state index in [9.17, 15) is 15.3 Å². The second-order valence-electron chi connectivity index (χ2n) is 8.17. The quantitative estimate of drug-likeness (QED) is 0.570. The highest BCUT2D eigenvalue weighted by molar-refractivity contribution is 5.57. The maximum atomic E-state index is 11.5. The molecule has 0 saturated heterocycles. The monoisotopic (exact) mass is 346 g/mol. The molecule has 2 aliphatic rings. The molecular formula is C21H30O4. The molecule has 1 aliphatic heterocycles. The van der Waals surface area contributed by atoms with E-state index in [4.69, 9.17) is 4.74 Å². The molecule has 0 bridgehead atoms.